The minimum atomic E-state index is -0.822. The molecule has 0 bridgehead atoms. The second-order valence-corrected chi connectivity index (χ2v) is 21.3. The van der Waals surface area contributed by atoms with Gasteiger partial charge in [0.25, 0.3) is 0 Å². The number of hydrogen-bond acceptors (Lipinski definition) is 6. The average molecular weight is 1120 g/mol. The molecule has 0 aromatic rings. The minimum Gasteiger partial charge on any atom is -0.462 e. The van der Waals surface area contributed by atoms with Crippen molar-refractivity contribution in [1.29, 1.82) is 0 Å². The van der Waals surface area contributed by atoms with Gasteiger partial charge in [0.1, 0.15) is 13.2 Å². The first-order chi connectivity index (χ1) is 40.0. The van der Waals surface area contributed by atoms with Gasteiger partial charge in [0.15, 0.2) is 6.10 Å². The first-order valence-corrected chi connectivity index (χ1v) is 33.0. The van der Waals surface area contributed by atoms with Gasteiger partial charge in [0, 0.05) is 19.3 Å². The smallest absolute Gasteiger partial charge is 0.306 e. The molecule has 0 aliphatic rings. The maximum atomic E-state index is 12.9. The number of unbranched alkanes of at least 4 members (excludes halogenated alkanes) is 21. The van der Waals surface area contributed by atoms with Crippen LogP contribution >= 0.6 is 0 Å². The number of allylic oxidation sites excluding steroid dienone is 26. The molecule has 0 aliphatic heterocycles. The van der Waals surface area contributed by atoms with Gasteiger partial charge in [-0.05, 0) is 141 Å². The second-order valence-electron chi connectivity index (χ2n) is 21.3. The number of carbonyl (C=O) groups is 3. The van der Waals surface area contributed by atoms with E-state index < -0.39 is 6.10 Å². The molecular formula is C75H120O6. The third-order valence-corrected chi connectivity index (χ3v) is 13.5. The van der Waals surface area contributed by atoms with Crippen LogP contribution in [0, 0.1) is 0 Å². The molecule has 0 rings (SSSR count). The Morgan fingerprint density at radius 1 is 0.259 bits per heavy atom. The van der Waals surface area contributed by atoms with Crippen LogP contribution in [-0.2, 0) is 28.6 Å². The van der Waals surface area contributed by atoms with Gasteiger partial charge in [0.05, 0.1) is 0 Å². The number of rotatable bonds is 58. The van der Waals surface area contributed by atoms with Gasteiger partial charge in [0.2, 0.25) is 0 Å². The molecule has 1 unspecified atom stereocenters. The molecule has 0 aromatic heterocycles. The lowest BCUT2D eigenvalue weighted by atomic mass is 10.0. The summed E-state index contributed by atoms with van der Waals surface area (Å²) in [5.41, 5.74) is 0. The molecule has 6 heteroatoms. The molecule has 1 atom stereocenters. The van der Waals surface area contributed by atoms with E-state index in [9.17, 15) is 14.4 Å². The van der Waals surface area contributed by atoms with Gasteiger partial charge in [-0.2, -0.15) is 0 Å². The molecule has 0 radical (unpaired) electrons. The SMILES string of the molecule is CC/C=C\C/C=C\C/C=C\C/C=C\C/C=C\C/C=C\CCCCCCCCCCCCCCC(=O)OCC(COC(=O)CCCCCCC/C=C\C/C=C\CCCCC)OC(=O)CCC/C=C\C/C=C\C/C=C\C/C=C\C/C=C\CC. The van der Waals surface area contributed by atoms with E-state index in [2.05, 4.69) is 179 Å². The van der Waals surface area contributed by atoms with Crippen LogP contribution in [0.1, 0.15) is 278 Å². The molecule has 0 saturated carbocycles. The molecule has 6 nitrogen and oxygen atoms in total. The lowest BCUT2D eigenvalue weighted by Crippen LogP contribution is -2.30. The number of hydrogen-bond donors (Lipinski definition) is 0. The van der Waals surface area contributed by atoms with Crippen molar-refractivity contribution in [1.82, 2.24) is 0 Å². The highest BCUT2D eigenvalue weighted by Gasteiger charge is 2.19. The van der Waals surface area contributed by atoms with Crippen molar-refractivity contribution in [3.63, 3.8) is 0 Å². The number of esters is 3. The van der Waals surface area contributed by atoms with Gasteiger partial charge in [-0.1, -0.05) is 275 Å². The van der Waals surface area contributed by atoms with Crippen molar-refractivity contribution in [2.24, 2.45) is 0 Å². The molecule has 0 amide bonds. The normalized spacial score (nSPS) is 13.2. The Kier molecular flexibility index (Phi) is 63.4. The summed E-state index contributed by atoms with van der Waals surface area (Å²) in [4.78, 5) is 38.3. The Morgan fingerprint density at radius 2 is 0.494 bits per heavy atom. The van der Waals surface area contributed by atoms with Crippen LogP contribution in [-0.4, -0.2) is 37.2 Å². The zero-order valence-corrected chi connectivity index (χ0v) is 52.2. The predicted octanol–water partition coefficient (Wildman–Crippen LogP) is 22.9. The van der Waals surface area contributed by atoms with E-state index in [-0.39, 0.29) is 37.5 Å². The Balaban J connectivity index is 4.36. The molecule has 0 heterocycles. The topological polar surface area (TPSA) is 78.9 Å². The van der Waals surface area contributed by atoms with Crippen LogP contribution in [0.4, 0.5) is 0 Å². The molecule has 81 heavy (non-hydrogen) atoms. The standard InChI is InChI=1S/C75H120O6/c1-4-7-10-13-16-19-22-25-28-30-31-32-33-34-35-36-37-38-39-40-41-42-43-45-47-50-53-56-59-62-65-68-74(77)80-71-72(70-79-73(76)67-64-61-58-55-52-49-46-27-24-21-18-15-12-9-6-3)81-75(78)69-66-63-60-57-54-51-48-44-29-26-23-20-17-14-11-8-5-2/h7-8,10-11,16-21,25-29,31-32,34-35,37-38,46,48,51,57,60,72H,4-6,9,12-15,22-24,30,33,36,39-45,47,49-50,52-56,58-59,61-71H2,1-3H3/b10-7-,11-8-,19-16-,20-17-,21-18-,28-25-,29-26-,32-31-,35-34-,38-37-,46-27-,51-48-,60-57-. The van der Waals surface area contributed by atoms with Crippen molar-refractivity contribution >= 4 is 17.9 Å². The van der Waals surface area contributed by atoms with Crippen molar-refractivity contribution in [2.75, 3.05) is 13.2 Å². The second kappa shape index (κ2) is 67.5. The van der Waals surface area contributed by atoms with Crippen molar-refractivity contribution < 1.29 is 28.6 Å². The van der Waals surface area contributed by atoms with Gasteiger partial charge < -0.3 is 14.2 Å². The van der Waals surface area contributed by atoms with E-state index in [0.29, 0.717) is 19.3 Å². The van der Waals surface area contributed by atoms with Crippen LogP contribution in [0.15, 0.2) is 158 Å². The fraction of sp³-hybridized carbons (Fsp3) is 0.613. The van der Waals surface area contributed by atoms with E-state index in [1.165, 1.54) is 89.9 Å². The number of carbonyl (C=O) groups excluding carboxylic acids is 3. The fourth-order valence-corrected chi connectivity index (χ4v) is 8.63. The zero-order valence-electron chi connectivity index (χ0n) is 52.2. The number of ether oxygens (including phenoxy) is 3. The summed E-state index contributed by atoms with van der Waals surface area (Å²) in [6, 6.07) is 0. The fourth-order valence-electron chi connectivity index (χ4n) is 8.63. The summed E-state index contributed by atoms with van der Waals surface area (Å²) in [5.74, 6) is -0.987. The van der Waals surface area contributed by atoms with E-state index in [4.69, 9.17) is 14.2 Å². The minimum absolute atomic E-state index is 0.111. The molecular weight excluding hydrogens is 997 g/mol. The molecule has 0 aliphatic carbocycles. The summed E-state index contributed by atoms with van der Waals surface area (Å²) < 4.78 is 16.9. The first kappa shape index (κ1) is 76.0. The largest absolute Gasteiger partial charge is 0.462 e. The Labute approximate surface area is 499 Å². The van der Waals surface area contributed by atoms with Crippen LogP contribution in [0.25, 0.3) is 0 Å². The van der Waals surface area contributed by atoms with Crippen molar-refractivity contribution in [3.8, 4) is 0 Å². The molecule has 0 saturated heterocycles. The van der Waals surface area contributed by atoms with Crippen LogP contribution in [0.5, 0.6) is 0 Å². The van der Waals surface area contributed by atoms with Gasteiger partial charge in [-0.25, -0.2) is 0 Å². The average Bonchev–Trinajstić information content (AvgIpc) is 3.47. The monoisotopic (exact) mass is 1120 g/mol. The Morgan fingerprint density at radius 3 is 0.790 bits per heavy atom. The molecule has 0 spiro atoms. The maximum Gasteiger partial charge on any atom is 0.306 e. The highest BCUT2D eigenvalue weighted by atomic mass is 16.6. The molecule has 456 valence electrons. The van der Waals surface area contributed by atoms with Gasteiger partial charge in [-0.3, -0.25) is 14.4 Å². The Bertz CT molecular complexity index is 1810. The van der Waals surface area contributed by atoms with E-state index in [1.807, 2.05) is 0 Å². The lowest BCUT2D eigenvalue weighted by Gasteiger charge is -2.18. The van der Waals surface area contributed by atoms with Crippen LogP contribution in [0.3, 0.4) is 0 Å². The maximum absolute atomic E-state index is 12.9. The van der Waals surface area contributed by atoms with Crippen molar-refractivity contribution in [2.45, 2.75) is 284 Å². The predicted molar refractivity (Wildman–Crippen MR) is 352 cm³/mol. The van der Waals surface area contributed by atoms with E-state index in [1.54, 1.807) is 0 Å². The highest BCUT2D eigenvalue weighted by molar-refractivity contribution is 5.71. The quantitative estimate of drug-likeness (QED) is 0.0261. The Hall–Kier alpha value is -4.97. The highest BCUT2D eigenvalue weighted by Crippen LogP contribution is 2.15. The van der Waals surface area contributed by atoms with E-state index in [0.717, 1.165) is 141 Å². The third kappa shape index (κ3) is 65.7. The third-order valence-electron chi connectivity index (χ3n) is 13.5. The summed E-state index contributed by atoms with van der Waals surface area (Å²) >= 11 is 0. The summed E-state index contributed by atoms with van der Waals surface area (Å²) in [5, 5.41) is 0. The van der Waals surface area contributed by atoms with Crippen molar-refractivity contribution in [3.05, 3.63) is 158 Å². The molecule has 0 aromatic carbocycles. The summed E-state index contributed by atoms with van der Waals surface area (Å²) in [6.45, 7) is 6.33. The molecule has 0 N–H and O–H groups in total. The lowest BCUT2D eigenvalue weighted by molar-refractivity contribution is -0.167. The molecule has 0 fully saturated rings. The van der Waals surface area contributed by atoms with Crippen LogP contribution < -0.4 is 0 Å². The van der Waals surface area contributed by atoms with Crippen LogP contribution in [0.2, 0.25) is 0 Å². The van der Waals surface area contributed by atoms with Gasteiger partial charge >= 0.3 is 17.9 Å². The first-order valence-electron chi connectivity index (χ1n) is 33.0. The summed E-state index contributed by atoms with van der Waals surface area (Å²) in [6.07, 6.45) is 98.3. The van der Waals surface area contributed by atoms with Gasteiger partial charge in [-0.15, -0.1) is 0 Å². The zero-order chi connectivity index (χ0) is 58.5. The van der Waals surface area contributed by atoms with E-state index >= 15 is 0 Å². The summed E-state index contributed by atoms with van der Waals surface area (Å²) in [7, 11) is 0.